The molecular formula is C18H23NO4. The topological polar surface area (TPSA) is 60.7 Å². The number of nitrogens with zero attached hydrogens (tertiary/aromatic N) is 1. The number of ether oxygens (including phenoxy) is 2. The molecule has 2 aromatic rings. The van der Waals surface area contributed by atoms with Gasteiger partial charge in [0.05, 0.1) is 12.2 Å². The van der Waals surface area contributed by atoms with E-state index in [-0.39, 0.29) is 6.29 Å². The average molecular weight is 317 g/mol. The fraction of sp³-hybridized carbons (Fsp3) is 0.500. The minimum absolute atomic E-state index is 0.0782. The first kappa shape index (κ1) is 16.0. The highest BCUT2D eigenvalue weighted by molar-refractivity contribution is 5.95. The number of aryl methyl sites for hydroxylation is 1. The Morgan fingerprint density at radius 2 is 2.22 bits per heavy atom. The van der Waals surface area contributed by atoms with Gasteiger partial charge < -0.3 is 19.1 Å². The van der Waals surface area contributed by atoms with E-state index in [1.165, 1.54) is 0 Å². The third-order valence-corrected chi connectivity index (χ3v) is 4.64. The van der Waals surface area contributed by atoms with Gasteiger partial charge in [-0.25, -0.2) is 4.79 Å². The van der Waals surface area contributed by atoms with Gasteiger partial charge in [0.2, 0.25) is 0 Å². The van der Waals surface area contributed by atoms with Gasteiger partial charge in [-0.3, -0.25) is 0 Å². The van der Waals surface area contributed by atoms with Crippen LogP contribution in [0.3, 0.4) is 0 Å². The second-order valence-corrected chi connectivity index (χ2v) is 6.07. The molecule has 1 atom stereocenters. The predicted octanol–water partition coefficient (Wildman–Crippen LogP) is 3.50. The summed E-state index contributed by atoms with van der Waals surface area (Å²) in [5.41, 5.74) is 3.65. The van der Waals surface area contributed by atoms with E-state index in [0.29, 0.717) is 12.2 Å². The Hall–Kier alpha value is -1.85. The van der Waals surface area contributed by atoms with E-state index in [4.69, 9.17) is 14.6 Å². The lowest BCUT2D eigenvalue weighted by Gasteiger charge is -2.23. The lowest BCUT2D eigenvalue weighted by atomic mass is 10.1. The largest absolute Gasteiger partial charge is 0.478 e. The van der Waals surface area contributed by atoms with E-state index >= 15 is 0 Å². The van der Waals surface area contributed by atoms with Crippen molar-refractivity contribution >= 4 is 16.9 Å². The van der Waals surface area contributed by atoms with Crippen LogP contribution in [0.1, 0.15) is 40.9 Å². The molecule has 1 aliphatic rings. The highest BCUT2D eigenvalue weighted by Gasteiger charge is 2.16. The van der Waals surface area contributed by atoms with Crippen LogP contribution < -0.4 is 0 Å². The smallest absolute Gasteiger partial charge is 0.335 e. The van der Waals surface area contributed by atoms with Gasteiger partial charge in [0.1, 0.15) is 0 Å². The summed E-state index contributed by atoms with van der Waals surface area (Å²) in [7, 11) is 0. The summed E-state index contributed by atoms with van der Waals surface area (Å²) in [5, 5.41) is 10.2. The van der Waals surface area contributed by atoms with Crippen molar-refractivity contribution in [3.05, 3.63) is 35.0 Å². The molecule has 1 N–H and O–H groups in total. The molecule has 0 saturated carbocycles. The normalized spacial score (nSPS) is 18.4. The van der Waals surface area contributed by atoms with Gasteiger partial charge >= 0.3 is 5.97 Å². The molecule has 0 spiro atoms. The Bertz CT molecular complexity index is 713. The van der Waals surface area contributed by atoms with E-state index in [2.05, 4.69) is 11.5 Å². The molecule has 0 amide bonds. The SMILES string of the molecule is Cc1c(C)n(CCOC2CCCCO2)c2ccc(C(=O)O)cc12. The number of benzene rings is 1. The van der Waals surface area contributed by atoms with Crippen molar-refractivity contribution in [1.82, 2.24) is 4.57 Å². The molecule has 0 bridgehead atoms. The minimum atomic E-state index is -0.894. The van der Waals surface area contributed by atoms with Gasteiger partial charge in [0.25, 0.3) is 0 Å². The molecule has 1 aromatic carbocycles. The first-order chi connectivity index (χ1) is 11.1. The van der Waals surface area contributed by atoms with E-state index < -0.39 is 5.97 Å². The fourth-order valence-electron chi connectivity index (χ4n) is 3.19. The van der Waals surface area contributed by atoms with Crippen LogP contribution in [0, 0.1) is 13.8 Å². The Morgan fingerprint density at radius 1 is 1.39 bits per heavy atom. The summed E-state index contributed by atoms with van der Waals surface area (Å²) in [6, 6.07) is 5.29. The highest BCUT2D eigenvalue weighted by atomic mass is 16.7. The zero-order valence-corrected chi connectivity index (χ0v) is 13.7. The Balaban J connectivity index is 1.77. The maximum atomic E-state index is 11.2. The minimum Gasteiger partial charge on any atom is -0.478 e. The fourth-order valence-corrected chi connectivity index (χ4v) is 3.19. The summed E-state index contributed by atoms with van der Waals surface area (Å²) < 4.78 is 13.6. The first-order valence-electron chi connectivity index (χ1n) is 8.14. The average Bonchev–Trinajstić information content (AvgIpc) is 2.80. The highest BCUT2D eigenvalue weighted by Crippen LogP contribution is 2.26. The molecule has 3 rings (SSSR count). The van der Waals surface area contributed by atoms with Crippen molar-refractivity contribution in [1.29, 1.82) is 0 Å². The van der Waals surface area contributed by atoms with Crippen LogP contribution >= 0.6 is 0 Å². The van der Waals surface area contributed by atoms with Crippen LogP contribution in [0.25, 0.3) is 10.9 Å². The number of carbonyl (C=O) groups is 1. The number of hydrogen-bond acceptors (Lipinski definition) is 3. The molecule has 0 aliphatic carbocycles. The first-order valence-corrected chi connectivity index (χ1v) is 8.14. The van der Waals surface area contributed by atoms with Crippen LogP contribution in [0.15, 0.2) is 18.2 Å². The van der Waals surface area contributed by atoms with Gasteiger partial charge in [-0.15, -0.1) is 0 Å². The number of fused-ring (bicyclic) bond motifs is 1. The molecule has 5 nitrogen and oxygen atoms in total. The van der Waals surface area contributed by atoms with Crippen LogP contribution in [0.2, 0.25) is 0 Å². The summed E-state index contributed by atoms with van der Waals surface area (Å²) in [6.07, 6.45) is 3.16. The van der Waals surface area contributed by atoms with Gasteiger partial charge in [-0.1, -0.05) is 0 Å². The molecule has 1 aliphatic heterocycles. The molecule has 1 fully saturated rings. The number of hydrogen-bond donors (Lipinski definition) is 1. The van der Waals surface area contributed by atoms with Crippen molar-refractivity contribution in [3.63, 3.8) is 0 Å². The maximum Gasteiger partial charge on any atom is 0.335 e. The summed E-state index contributed by atoms with van der Waals surface area (Å²) >= 11 is 0. The number of carboxylic acid groups (broad SMARTS) is 1. The van der Waals surface area contributed by atoms with Gasteiger partial charge in [0, 0.05) is 29.7 Å². The molecule has 1 aromatic heterocycles. The van der Waals surface area contributed by atoms with E-state index in [9.17, 15) is 4.79 Å². The number of aromatic carboxylic acids is 1. The molecule has 23 heavy (non-hydrogen) atoms. The van der Waals surface area contributed by atoms with Crippen molar-refractivity contribution in [2.45, 2.75) is 45.9 Å². The Kier molecular flexibility index (Phi) is 4.68. The van der Waals surface area contributed by atoms with Crippen molar-refractivity contribution in [2.24, 2.45) is 0 Å². The third-order valence-electron chi connectivity index (χ3n) is 4.64. The van der Waals surface area contributed by atoms with Crippen LogP contribution in [0.4, 0.5) is 0 Å². The maximum absolute atomic E-state index is 11.2. The zero-order valence-electron chi connectivity index (χ0n) is 13.7. The van der Waals surface area contributed by atoms with Gasteiger partial charge in [-0.2, -0.15) is 0 Å². The Morgan fingerprint density at radius 3 is 2.91 bits per heavy atom. The van der Waals surface area contributed by atoms with Gasteiger partial charge in [0.15, 0.2) is 6.29 Å². The van der Waals surface area contributed by atoms with Crippen LogP contribution in [-0.2, 0) is 16.0 Å². The molecule has 1 saturated heterocycles. The van der Waals surface area contributed by atoms with Crippen molar-refractivity contribution < 1.29 is 19.4 Å². The van der Waals surface area contributed by atoms with E-state index in [1.807, 2.05) is 13.0 Å². The molecule has 124 valence electrons. The van der Waals surface area contributed by atoms with E-state index in [0.717, 1.165) is 54.6 Å². The molecule has 1 unspecified atom stereocenters. The van der Waals surface area contributed by atoms with E-state index in [1.54, 1.807) is 12.1 Å². The second kappa shape index (κ2) is 6.72. The number of carboxylic acids is 1. The molecule has 2 heterocycles. The van der Waals surface area contributed by atoms with Crippen LogP contribution in [0.5, 0.6) is 0 Å². The third kappa shape index (κ3) is 3.26. The lowest BCUT2D eigenvalue weighted by Crippen LogP contribution is -2.24. The van der Waals surface area contributed by atoms with Crippen molar-refractivity contribution in [3.8, 4) is 0 Å². The monoisotopic (exact) mass is 317 g/mol. The molecule has 0 radical (unpaired) electrons. The quantitative estimate of drug-likeness (QED) is 0.917. The standard InChI is InChI=1S/C18H23NO4/c1-12-13(2)19(8-10-23-17-5-3-4-9-22-17)16-7-6-14(18(20)21)11-15(12)16/h6-7,11,17H,3-5,8-10H2,1-2H3,(H,20,21). The van der Waals surface area contributed by atoms with Crippen LogP contribution in [-0.4, -0.2) is 35.1 Å². The lowest BCUT2D eigenvalue weighted by molar-refractivity contribution is -0.163. The zero-order chi connectivity index (χ0) is 16.4. The second-order valence-electron chi connectivity index (χ2n) is 6.07. The molecular weight excluding hydrogens is 294 g/mol. The number of aromatic nitrogens is 1. The Labute approximate surface area is 135 Å². The van der Waals surface area contributed by atoms with Crippen molar-refractivity contribution in [2.75, 3.05) is 13.2 Å². The summed E-state index contributed by atoms with van der Waals surface area (Å²) in [4.78, 5) is 11.2. The summed E-state index contributed by atoms with van der Waals surface area (Å²) in [6.45, 7) is 6.21. The molecule has 5 heteroatoms. The predicted molar refractivity (Wildman–Crippen MR) is 87.9 cm³/mol. The number of rotatable bonds is 5. The van der Waals surface area contributed by atoms with Gasteiger partial charge in [-0.05, 0) is 56.9 Å². The summed E-state index contributed by atoms with van der Waals surface area (Å²) in [5.74, 6) is -0.894.